The van der Waals surface area contributed by atoms with Crippen molar-refractivity contribution in [3.63, 3.8) is 0 Å². The molecular weight excluding hydrogens is 591 g/mol. The zero-order valence-corrected chi connectivity index (χ0v) is 26.2. The molecule has 2 heterocycles. The van der Waals surface area contributed by atoms with Crippen molar-refractivity contribution in [3.8, 4) is 56.4 Å². The first-order chi connectivity index (χ1) is 23.3. The summed E-state index contributed by atoms with van der Waals surface area (Å²) < 4.78 is 2.48. The summed E-state index contributed by atoms with van der Waals surface area (Å²) in [6.45, 7) is 0. The van der Waals surface area contributed by atoms with E-state index in [2.05, 4.69) is 146 Å². The average molecular weight is 618 g/mol. The predicted molar refractivity (Wildman–Crippen MR) is 197 cm³/mol. The minimum atomic E-state index is 0.653. The van der Waals surface area contributed by atoms with Crippen LogP contribution in [0, 0.1) is 0 Å². The molecule has 0 unspecified atom stereocenters. The first-order valence-electron chi connectivity index (χ1n) is 15.7. The highest BCUT2D eigenvalue weighted by Gasteiger charge is 2.17. The molecule has 0 bridgehead atoms. The summed E-state index contributed by atoms with van der Waals surface area (Å²) >= 11 is 1.80. The summed E-state index contributed by atoms with van der Waals surface area (Å²) in [4.78, 5) is 15.2. The van der Waals surface area contributed by atoms with Gasteiger partial charge in [0, 0.05) is 36.9 Å². The maximum Gasteiger partial charge on any atom is 0.164 e. The van der Waals surface area contributed by atoms with Crippen LogP contribution in [0.2, 0.25) is 0 Å². The number of rotatable bonds is 5. The fourth-order valence-electron chi connectivity index (χ4n) is 6.36. The Kier molecular flexibility index (Phi) is 6.65. The molecule has 0 N–H and O–H groups in total. The third-order valence-corrected chi connectivity index (χ3v) is 9.87. The van der Waals surface area contributed by atoms with Gasteiger partial charge in [0.05, 0.1) is 0 Å². The van der Waals surface area contributed by atoms with Gasteiger partial charge in [0.1, 0.15) is 0 Å². The van der Waals surface area contributed by atoms with E-state index in [-0.39, 0.29) is 0 Å². The first-order valence-corrected chi connectivity index (χ1v) is 16.5. The molecule has 9 rings (SSSR count). The average Bonchev–Trinajstić information content (AvgIpc) is 3.54. The van der Waals surface area contributed by atoms with Crippen molar-refractivity contribution < 1.29 is 0 Å². The van der Waals surface area contributed by atoms with Gasteiger partial charge in [0.15, 0.2) is 17.5 Å². The summed E-state index contributed by atoms with van der Waals surface area (Å²) in [7, 11) is 0. The Balaban J connectivity index is 1.14. The van der Waals surface area contributed by atoms with Gasteiger partial charge < -0.3 is 0 Å². The lowest BCUT2D eigenvalue weighted by Gasteiger charge is -2.11. The molecule has 0 fully saturated rings. The Morgan fingerprint density at radius 3 is 1.74 bits per heavy atom. The van der Waals surface area contributed by atoms with Crippen LogP contribution in [0.4, 0.5) is 0 Å². The molecule has 2 aromatic heterocycles. The van der Waals surface area contributed by atoms with Crippen LogP contribution in [0.3, 0.4) is 0 Å². The minimum Gasteiger partial charge on any atom is -0.208 e. The van der Waals surface area contributed by atoms with Crippen molar-refractivity contribution in [2.75, 3.05) is 0 Å². The third kappa shape index (κ3) is 5.05. The van der Waals surface area contributed by atoms with Gasteiger partial charge in [-0.25, -0.2) is 15.0 Å². The normalized spacial score (nSPS) is 11.4. The van der Waals surface area contributed by atoms with E-state index in [1.807, 2.05) is 18.2 Å². The molecule has 7 aromatic carbocycles. The number of hydrogen-bond donors (Lipinski definition) is 0. The van der Waals surface area contributed by atoms with Crippen LogP contribution in [0.5, 0.6) is 0 Å². The van der Waals surface area contributed by atoms with Crippen LogP contribution in [0.15, 0.2) is 164 Å². The summed E-state index contributed by atoms with van der Waals surface area (Å²) in [6, 6.07) is 57.5. The van der Waals surface area contributed by atoms with Crippen LogP contribution >= 0.6 is 11.3 Å². The number of fused-ring (bicyclic) bond motifs is 4. The van der Waals surface area contributed by atoms with Gasteiger partial charge in [-0.1, -0.05) is 140 Å². The Morgan fingerprint density at radius 2 is 0.915 bits per heavy atom. The third-order valence-electron chi connectivity index (χ3n) is 8.73. The van der Waals surface area contributed by atoms with E-state index in [0.29, 0.717) is 17.5 Å². The molecule has 0 atom stereocenters. The van der Waals surface area contributed by atoms with Crippen LogP contribution in [-0.2, 0) is 0 Å². The van der Waals surface area contributed by atoms with E-state index >= 15 is 0 Å². The molecule has 0 saturated carbocycles. The molecule has 0 aliphatic rings. The molecule has 0 spiro atoms. The van der Waals surface area contributed by atoms with E-state index in [0.717, 1.165) is 27.8 Å². The second-order valence-corrected chi connectivity index (χ2v) is 12.8. The van der Waals surface area contributed by atoms with Crippen molar-refractivity contribution in [2.45, 2.75) is 0 Å². The fraction of sp³-hybridized carbons (Fsp3) is 0. The second kappa shape index (κ2) is 11.4. The van der Waals surface area contributed by atoms with E-state index in [4.69, 9.17) is 15.0 Å². The lowest BCUT2D eigenvalue weighted by molar-refractivity contribution is 1.08. The molecule has 220 valence electrons. The fourth-order valence-corrected chi connectivity index (χ4v) is 7.50. The summed E-state index contributed by atoms with van der Waals surface area (Å²) in [5.41, 5.74) is 7.58. The van der Waals surface area contributed by atoms with Crippen LogP contribution in [-0.4, -0.2) is 15.0 Å². The molecular formula is C43H27N3S. The van der Waals surface area contributed by atoms with E-state index < -0.39 is 0 Å². The highest BCUT2D eigenvalue weighted by Crippen LogP contribution is 2.40. The van der Waals surface area contributed by atoms with Crippen LogP contribution in [0.1, 0.15) is 0 Å². The number of aromatic nitrogens is 3. The molecule has 0 radical (unpaired) electrons. The Labute approximate surface area is 276 Å². The monoisotopic (exact) mass is 617 g/mol. The quantitative estimate of drug-likeness (QED) is 0.193. The Morgan fingerprint density at radius 1 is 0.340 bits per heavy atom. The van der Waals surface area contributed by atoms with Gasteiger partial charge in [0.2, 0.25) is 0 Å². The van der Waals surface area contributed by atoms with Crippen LogP contribution in [0.25, 0.3) is 87.4 Å². The number of thiophene rings is 1. The summed E-state index contributed by atoms with van der Waals surface area (Å²) in [5.74, 6) is 1.99. The molecule has 0 aliphatic carbocycles. The maximum atomic E-state index is 5.13. The lowest BCUT2D eigenvalue weighted by atomic mass is 9.97. The standard InChI is InChI=1S/C43H27N3S/c1-2-11-31(12-3-1)41-44-42(46-43(45-41)37-17-9-19-39-40(37)36-16-6-7-18-38(36)47-39)35-15-8-14-33(27-35)29-20-22-30(23-21-29)34-25-24-28-10-4-5-13-32(28)26-34/h1-27H. The van der Waals surface area contributed by atoms with E-state index in [9.17, 15) is 0 Å². The van der Waals surface area contributed by atoms with E-state index in [1.54, 1.807) is 11.3 Å². The number of nitrogens with zero attached hydrogens (tertiary/aromatic N) is 3. The van der Waals surface area contributed by atoms with Crippen LogP contribution < -0.4 is 0 Å². The SMILES string of the molecule is c1ccc(-c2nc(-c3cccc(-c4ccc(-c5ccc6ccccc6c5)cc4)c3)nc(-c3cccc4sc5ccccc5c34)n2)cc1. The van der Waals surface area contributed by atoms with Gasteiger partial charge in [-0.3, -0.25) is 0 Å². The number of benzene rings is 7. The van der Waals surface area contributed by atoms with Crippen molar-refractivity contribution in [2.24, 2.45) is 0 Å². The molecule has 9 aromatic rings. The van der Waals surface area contributed by atoms with Crippen molar-refractivity contribution in [1.82, 2.24) is 15.0 Å². The van der Waals surface area contributed by atoms with Gasteiger partial charge >= 0.3 is 0 Å². The van der Waals surface area contributed by atoms with Gasteiger partial charge in [-0.15, -0.1) is 11.3 Å². The number of hydrogen-bond acceptors (Lipinski definition) is 4. The van der Waals surface area contributed by atoms with Crippen molar-refractivity contribution >= 4 is 42.3 Å². The molecule has 0 saturated heterocycles. The Bertz CT molecular complexity index is 2570. The maximum absolute atomic E-state index is 5.13. The molecule has 0 amide bonds. The lowest BCUT2D eigenvalue weighted by Crippen LogP contribution is -2.00. The first kappa shape index (κ1) is 27.3. The molecule has 3 nitrogen and oxygen atoms in total. The molecule has 0 aliphatic heterocycles. The van der Waals surface area contributed by atoms with Crippen molar-refractivity contribution in [1.29, 1.82) is 0 Å². The highest BCUT2D eigenvalue weighted by atomic mass is 32.1. The topological polar surface area (TPSA) is 38.7 Å². The summed E-state index contributed by atoms with van der Waals surface area (Å²) in [5, 5.41) is 4.91. The van der Waals surface area contributed by atoms with Gasteiger partial charge in [-0.05, 0) is 57.3 Å². The zero-order chi connectivity index (χ0) is 31.2. The highest BCUT2D eigenvalue weighted by molar-refractivity contribution is 7.25. The van der Waals surface area contributed by atoms with Gasteiger partial charge in [-0.2, -0.15) is 0 Å². The molecule has 4 heteroatoms. The largest absolute Gasteiger partial charge is 0.208 e. The predicted octanol–water partition coefficient (Wildman–Crippen LogP) is 11.7. The second-order valence-electron chi connectivity index (χ2n) is 11.7. The van der Waals surface area contributed by atoms with E-state index in [1.165, 1.54) is 42.1 Å². The van der Waals surface area contributed by atoms with Crippen molar-refractivity contribution in [3.05, 3.63) is 164 Å². The minimum absolute atomic E-state index is 0.653. The van der Waals surface area contributed by atoms with Gasteiger partial charge in [0.25, 0.3) is 0 Å². The summed E-state index contributed by atoms with van der Waals surface area (Å²) in [6.07, 6.45) is 0. The zero-order valence-electron chi connectivity index (χ0n) is 25.3. The Hall–Kier alpha value is -5.97. The molecule has 47 heavy (non-hydrogen) atoms. The smallest absolute Gasteiger partial charge is 0.164 e.